The maximum Gasteiger partial charge on any atom is 0.411 e. The maximum atomic E-state index is 13.3. The molecule has 1 atom stereocenters. The molecule has 1 unspecified atom stereocenters. The summed E-state index contributed by atoms with van der Waals surface area (Å²) >= 11 is 0. The number of morpholine rings is 1. The van der Waals surface area contributed by atoms with E-state index in [9.17, 15) is 9.59 Å². The fourth-order valence-corrected chi connectivity index (χ4v) is 5.81. The van der Waals surface area contributed by atoms with E-state index in [4.69, 9.17) is 28.9 Å². The fourth-order valence-electron chi connectivity index (χ4n) is 5.81. The van der Waals surface area contributed by atoms with Gasteiger partial charge in [0.25, 0.3) is 5.91 Å². The number of rotatable bonds is 10. The molecule has 1 aromatic heterocycles. The number of benzene rings is 2. The van der Waals surface area contributed by atoms with Crippen molar-refractivity contribution in [2.45, 2.75) is 45.6 Å². The zero-order valence-corrected chi connectivity index (χ0v) is 26.0. The number of aryl methyl sites for hydroxylation is 1. The van der Waals surface area contributed by atoms with Crippen LogP contribution in [0.25, 0.3) is 10.9 Å². The number of anilines is 3. The quantitative estimate of drug-likeness (QED) is 0.340. The van der Waals surface area contributed by atoms with Gasteiger partial charge in [0, 0.05) is 43.7 Å². The average Bonchev–Trinajstić information content (AvgIpc) is 3.05. The predicted octanol–water partition coefficient (Wildman–Crippen LogP) is 4.54. The van der Waals surface area contributed by atoms with Crippen molar-refractivity contribution in [2.75, 3.05) is 75.3 Å². The third-order valence-electron chi connectivity index (χ3n) is 8.06. The van der Waals surface area contributed by atoms with Gasteiger partial charge in [-0.3, -0.25) is 10.1 Å². The summed E-state index contributed by atoms with van der Waals surface area (Å²) in [7, 11) is 3.25. The Hall–Kier alpha value is -4.32. The topological polar surface area (TPSA) is 127 Å². The lowest BCUT2D eigenvalue weighted by atomic mass is 9.98. The Morgan fingerprint density at radius 3 is 2.55 bits per heavy atom. The Balaban J connectivity index is 1.39. The Bertz CT molecular complexity index is 1480. The molecule has 3 aromatic rings. The minimum absolute atomic E-state index is 0.155. The number of methoxy groups -OCH3 is 2. The number of piperidine rings is 1. The molecule has 5 rings (SSSR count). The van der Waals surface area contributed by atoms with E-state index in [0.29, 0.717) is 48.5 Å². The monoisotopic (exact) mass is 606 g/mol. The molecule has 44 heavy (non-hydrogen) atoms. The van der Waals surface area contributed by atoms with Crippen LogP contribution in [-0.4, -0.2) is 88.2 Å². The first-order valence-corrected chi connectivity index (χ1v) is 15.3. The molecule has 2 aliphatic heterocycles. The largest absolute Gasteiger partial charge is 0.493 e. The van der Waals surface area contributed by atoms with Crippen molar-refractivity contribution in [3.05, 3.63) is 41.5 Å². The van der Waals surface area contributed by atoms with E-state index < -0.39 is 6.09 Å². The van der Waals surface area contributed by atoms with Crippen LogP contribution in [-0.2, 0) is 9.47 Å². The van der Waals surface area contributed by atoms with Crippen molar-refractivity contribution in [3.8, 4) is 11.5 Å². The second kappa shape index (κ2) is 14.4. The molecular weight excluding hydrogens is 564 g/mol. The third kappa shape index (κ3) is 7.07. The second-order valence-electron chi connectivity index (χ2n) is 11.0. The zero-order valence-electron chi connectivity index (χ0n) is 26.0. The Morgan fingerprint density at radius 1 is 1.02 bits per heavy atom. The van der Waals surface area contributed by atoms with E-state index in [2.05, 4.69) is 20.4 Å². The fraction of sp³-hybridized carbons (Fsp3) is 0.500. The summed E-state index contributed by atoms with van der Waals surface area (Å²) < 4.78 is 21.8. The number of carbonyl (C=O) groups excluding carboxylic acids is 2. The average molecular weight is 607 g/mol. The molecule has 236 valence electrons. The highest BCUT2D eigenvalue weighted by Gasteiger charge is 2.28. The van der Waals surface area contributed by atoms with Crippen LogP contribution in [0.5, 0.6) is 11.5 Å². The van der Waals surface area contributed by atoms with Gasteiger partial charge in [-0.15, -0.1) is 0 Å². The van der Waals surface area contributed by atoms with E-state index >= 15 is 0 Å². The molecule has 12 heteroatoms. The molecule has 0 spiro atoms. The number of fused-ring (bicyclic) bond motifs is 1. The predicted molar refractivity (Wildman–Crippen MR) is 169 cm³/mol. The van der Waals surface area contributed by atoms with Crippen LogP contribution >= 0.6 is 0 Å². The summed E-state index contributed by atoms with van der Waals surface area (Å²) in [6.07, 6.45) is 3.24. The van der Waals surface area contributed by atoms with Gasteiger partial charge in [-0.25, -0.2) is 9.78 Å². The lowest BCUT2D eigenvalue weighted by Gasteiger charge is -2.38. The van der Waals surface area contributed by atoms with Gasteiger partial charge in [0.2, 0.25) is 5.95 Å². The molecule has 0 saturated carbocycles. The molecule has 2 aliphatic rings. The number of nitrogens with one attached hydrogen (secondary N) is 2. The van der Waals surface area contributed by atoms with Crippen LogP contribution in [0.2, 0.25) is 0 Å². The lowest BCUT2D eigenvalue weighted by Crippen LogP contribution is -2.43. The van der Waals surface area contributed by atoms with Gasteiger partial charge in [0.05, 0.1) is 50.8 Å². The SMILES string of the molecule is CCOC(=O)Nc1ccc(C)cc1C(=O)NCCC1CCCCN1c1nc(N2CCOCC2)nc2cc(OC)c(OC)cc12. The maximum absolute atomic E-state index is 13.3. The van der Waals surface area contributed by atoms with Crippen molar-refractivity contribution in [1.82, 2.24) is 15.3 Å². The van der Waals surface area contributed by atoms with E-state index in [1.54, 1.807) is 33.3 Å². The standard InChI is InChI=1S/C32H42N6O6/c1-5-44-32(40)35-25-10-9-21(2)18-24(25)30(39)33-12-11-22-8-6-7-13-38(22)29-23-19-27(41-3)28(42-4)20-26(23)34-31(36-29)37-14-16-43-17-15-37/h9-10,18-20,22H,5-8,11-17H2,1-4H3,(H,33,39)(H,35,40). The molecule has 2 saturated heterocycles. The van der Waals surface area contributed by atoms with E-state index in [1.807, 2.05) is 25.1 Å². The van der Waals surface area contributed by atoms with Crippen LogP contribution in [0.1, 0.15) is 48.5 Å². The number of ether oxygens (including phenoxy) is 4. The smallest absolute Gasteiger partial charge is 0.411 e. The highest BCUT2D eigenvalue weighted by Crippen LogP contribution is 2.38. The van der Waals surface area contributed by atoms with E-state index in [-0.39, 0.29) is 18.6 Å². The number of amides is 2. The first-order chi connectivity index (χ1) is 21.4. The van der Waals surface area contributed by atoms with Crippen LogP contribution < -0.4 is 29.9 Å². The molecular formula is C32H42N6O6. The summed E-state index contributed by atoms with van der Waals surface area (Å²) in [5.41, 5.74) is 2.52. The Morgan fingerprint density at radius 2 is 1.80 bits per heavy atom. The number of hydrogen-bond acceptors (Lipinski definition) is 10. The van der Waals surface area contributed by atoms with Crippen molar-refractivity contribution < 1.29 is 28.5 Å². The number of nitrogens with zero attached hydrogens (tertiary/aromatic N) is 4. The zero-order chi connectivity index (χ0) is 31.1. The van der Waals surface area contributed by atoms with Crippen LogP contribution in [0.4, 0.5) is 22.2 Å². The van der Waals surface area contributed by atoms with Crippen molar-refractivity contribution in [3.63, 3.8) is 0 Å². The molecule has 12 nitrogen and oxygen atoms in total. The molecule has 2 N–H and O–H groups in total. The molecule has 0 radical (unpaired) electrons. The molecule has 3 heterocycles. The van der Waals surface area contributed by atoms with Gasteiger partial charge >= 0.3 is 6.09 Å². The highest BCUT2D eigenvalue weighted by atomic mass is 16.5. The minimum Gasteiger partial charge on any atom is -0.493 e. The van der Waals surface area contributed by atoms with E-state index in [0.717, 1.165) is 67.6 Å². The number of hydrogen-bond donors (Lipinski definition) is 2. The summed E-state index contributed by atoms with van der Waals surface area (Å²) in [5, 5.41) is 6.65. The van der Waals surface area contributed by atoms with Crippen molar-refractivity contribution >= 4 is 40.4 Å². The normalized spacial score (nSPS) is 16.9. The number of aromatic nitrogens is 2. The van der Waals surface area contributed by atoms with Crippen LogP contribution in [0, 0.1) is 6.92 Å². The van der Waals surface area contributed by atoms with Crippen LogP contribution in [0.15, 0.2) is 30.3 Å². The van der Waals surface area contributed by atoms with Gasteiger partial charge in [0.15, 0.2) is 11.5 Å². The van der Waals surface area contributed by atoms with Crippen LogP contribution in [0.3, 0.4) is 0 Å². The van der Waals surface area contributed by atoms with Gasteiger partial charge < -0.3 is 34.1 Å². The van der Waals surface area contributed by atoms with Gasteiger partial charge in [-0.05, 0) is 57.7 Å². The van der Waals surface area contributed by atoms with Gasteiger partial charge in [-0.1, -0.05) is 11.6 Å². The van der Waals surface area contributed by atoms with Crippen molar-refractivity contribution in [1.29, 1.82) is 0 Å². The molecule has 0 bridgehead atoms. The lowest BCUT2D eigenvalue weighted by molar-refractivity contribution is 0.0953. The molecule has 2 amide bonds. The summed E-state index contributed by atoms with van der Waals surface area (Å²) in [6.45, 7) is 7.90. The third-order valence-corrected chi connectivity index (χ3v) is 8.06. The summed E-state index contributed by atoms with van der Waals surface area (Å²) in [6, 6.07) is 9.36. The highest BCUT2D eigenvalue weighted by molar-refractivity contribution is 6.02. The molecule has 2 aromatic carbocycles. The number of carbonyl (C=O) groups is 2. The first kappa shape index (κ1) is 31.1. The first-order valence-electron chi connectivity index (χ1n) is 15.3. The van der Waals surface area contributed by atoms with E-state index in [1.165, 1.54) is 0 Å². The van der Waals surface area contributed by atoms with Crippen molar-refractivity contribution in [2.24, 2.45) is 0 Å². The molecule has 2 fully saturated rings. The minimum atomic E-state index is -0.592. The second-order valence-corrected chi connectivity index (χ2v) is 11.0. The van der Waals surface area contributed by atoms with Gasteiger partial charge in [0.1, 0.15) is 5.82 Å². The Labute approximate surface area is 258 Å². The van der Waals surface area contributed by atoms with Gasteiger partial charge in [-0.2, -0.15) is 4.98 Å². The summed E-state index contributed by atoms with van der Waals surface area (Å²) in [5.74, 6) is 2.51. The molecule has 0 aliphatic carbocycles. The summed E-state index contributed by atoms with van der Waals surface area (Å²) in [4.78, 5) is 39.9. The Kier molecular flexibility index (Phi) is 10.2.